The topological polar surface area (TPSA) is 137 Å². The minimum atomic E-state index is -5.47. The predicted molar refractivity (Wildman–Crippen MR) is 108 cm³/mol. The molecule has 1 aliphatic rings. The number of ether oxygens (including phenoxy) is 2. The summed E-state index contributed by atoms with van der Waals surface area (Å²) in [5.41, 5.74) is -2.61. The van der Waals surface area contributed by atoms with Crippen LogP contribution in [0.25, 0.3) is 0 Å². The van der Waals surface area contributed by atoms with Crippen LogP contribution in [0.1, 0.15) is 25.8 Å². The molecule has 5 atom stereocenters. The molecule has 0 amide bonds. The van der Waals surface area contributed by atoms with Crippen molar-refractivity contribution in [1.82, 2.24) is 9.13 Å². The van der Waals surface area contributed by atoms with Crippen molar-refractivity contribution in [2.75, 3.05) is 19.5 Å². The number of hydrogen-bond acceptors (Lipinski definition) is 8. The average Bonchev–Trinajstić information content (AvgIpc) is 2.92. The number of esters is 1. The number of ketones is 1. The highest BCUT2D eigenvalue weighted by Gasteiger charge is 2.46. The van der Waals surface area contributed by atoms with Gasteiger partial charge in [-0.15, -0.1) is 13.2 Å². The van der Waals surface area contributed by atoms with Crippen molar-refractivity contribution in [2.24, 2.45) is 0 Å². The first kappa shape index (κ1) is 26.0. The zero-order chi connectivity index (χ0) is 24.6. The highest BCUT2D eigenvalue weighted by atomic mass is 31.2. The number of aliphatic hydroxyl groups is 2. The third-order valence-corrected chi connectivity index (χ3v) is 6.17. The summed E-state index contributed by atoms with van der Waals surface area (Å²) in [4.78, 5) is 48.0. The van der Waals surface area contributed by atoms with Gasteiger partial charge in [0.1, 0.15) is 12.2 Å². The Morgan fingerprint density at radius 1 is 1.28 bits per heavy atom. The third-order valence-electron chi connectivity index (χ3n) is 4.70. The Hall–Kier alpha value is -2.21. The quantitative estimate of drug-likeness (QED) is 0.405. The van der Waals surface area contributed by atoms with Crippen molar-refractivity contribution >= 4 is 24.9 Å². The molecule has 0 saturated carbocycles. The van der Waals surface area contributed by atoms with Crippen LogP contribution in [0.4, 0.5) is 13.2 Å². The molecule has 180 valence electrons. The van der Waals surface area contributed by atoms with E-state index >= 15 is 0 Å². The summed E-state index contributed by atoms with van der Waals surface area (Å²) in [5, 5.41) is 20.7. The van der Waals surface area contributed by atoms with Crippen LogP contribution in [-0.4, -0.2) is 81.4 Å². The number of halogens is 3. The second kappa shape index (κ2) is 9.34. The van der Waals surface area contributed by atoms with Gasteiger partial charge >= 0.3 is 17.8 Å². The number of aromatic nitrogens is 2. The van der Waals surface area contributed by atoms with Gasteiger partial charge in [0.05, 0.1) is 6.10 Å². The molecule has 0 aromatic carbocycles. The number of aliphatic hydroxyl groups excluding tert-OH is 2. The van der Waals surface area contributed by atoms with Gasteiger partial charge < -0.3 is 19.7 Å². The Morgan fingerprint density at radius 3 is 2.38 bits per heavy atom. The zero-order valence-electron chi connectivity index (χ0n) is 17.5. The van der Waals surface area contributed by atoms with E-state index in [2.05, 4.69) is 11.0 Å². The minimum Gasteiger partial charge on any atom is -0.427 e. The molecular formula is C18H24F3N2O8P. The Kier molecular flexibility index (Phi) is 7.60. The van der Waals surface area contributed by atoms with E-state index in [-0.39, 0.29) is 4.57 Å². The molecule has 2 heterocycles. The Labute approximate surface area is 180 Å². The monoisotopic (exact) mass is 484 g/mol. The standard InChI is InChI=1S/C18H24F3N2O8P/c1-9(24)14(31-16(28)18(19,20)21)23-11(25)5-7-22(17(23)29)15-13(27)12(26)10(30-15)6-8-32(2,3)4/h5,7,10,12-15,26-27H,2,6,8H2,1,3-4H3/t10-,12-,13-,14?,15-/m1/s1. The lowest BCUT2D eigenvalue weighted by atomic mass is 10.1. The third kappa shape index (κ3) is 5.77. The van der Waals surface area contributed by atoms with E-state index < -0.39 is 66.8 Å². The number of carbonyl (C=O) groups excluding carboxylic acids is 2. The lowest BCUT2D eigenvalue weighted by molar-refractivity contribution is -0.209. The zero-order valence-corrected chi connectivity index (χ0v) is 18.4. The van der Waals surface area contributed by atoms with Gasteiger partial charge in [-0.25, -0.2) is 14.2 Å². The summed E-state index contributed by atoms with van der Waals surface area (Å²) < 4.78 is 48.0. The van der Waals surface area contributed by atoms with E-state index in [9.17, 15) is 42.6 Å². The van der Waals surface area contributed by atoms with E-state index in [1.807, 2.05) is 13.3 Å². The van der Waals surface area contributed by atoms with Gasteiger partial charge in [-0.05, 0) is 25.9 Å². The van der Waals surface area contributed by atoms with Crippen molar-refractivity contribution in [3.63, 3.8) is 0 Å². The van der Waals surface area contributed by atoms with Crippen molar-refractivity contribution in [2.45, 2.75) is 50.3 Å². The second-order valence-corrected chi connectivity index (χ2v) is 12.4. The Balaban J connectivity index is 2.44. The molecule has 0 radical (unpaired) electrons. The Morgan fingerprint density at radius 2 is 1.88 bits per heavy atom. The van der Waals surface area contributed by atoms with Gasteiger partial charge in [0, 0.05) is 19.2 Å². The van der Waals surface area contributed by atoms with Crippen LogP contribution in [0.2, 0.25) is 0 Å². The molecule has 14 heteroatoms. The number of carbonyl (C=O) groups is 2. The Bertz CT molecular complexity index is 1040. The van der Waals surface area contributed by atoms with E-state index in [0.717, 1.165) is 19.2 Å². The molecule has 1 saturated heterocycles. The van der Waals surface area contributed by atoms with Crippen LogP contribution in [-0.2, 0) is 19.1 Å². The molecule has 0 spiro atoms. The van der Waals surface area contributed by atoms with Crippen LogP contribution in [0.3, 0.4) is 0 Å². The van der Waals surface area contributed by atoms with Crippen molar-refractivity contribution in [3.05, 3.63) is 33.1 Å². The number of rotatable bonds is 7. The van der Waals surface area contributed by atoms with Crippen molar-refractivity contribution < 1.29 is 42.4 Å². The van der Waals surface area contributed by atoms with Gasteiger partial charge in [0.2, 0.25) is 6.23 Å². The van der Waals surface area contributed by atoms with Crippen LogP contribution in [0.15, 0.2) is 21.9 Å². The maximum absolute atomic E-state index is 12.9. The van der Waals surface area contributed by atoms with E-state index in [0.29, 0.717) is 17.1 Å². The molecule has 32 heavy (non-hydrogen) atoms. The van der Waals surface area contributed by atoms with Crippen LogP contribution >= 0.6 is 6.89 Å². The maximum Gasteiger partial charge on any atom is 0.491 e. The highest BCUT2D eigenvalue weighted by Crippen LogP contribution is 2.39. The molecule has 1 aromatic heterocycles. The fourth-order valence-corrected chi connectivity index (χ4v) is 4.03. The summed E-state index contributed by atoms with van der Waals surface area (Å²) in [6.45, 7) is 3.13. The lowest BCUT2D eigenvalue weighted by Crippen LogP contribution is -2.47. The number of Topliss-reactive ketones (excluding diaryl/α,β-unsaturated/α-hetero) is 1. The largest absolute Gasteiger partial charge is 0.491 e. The maximum atomic E-state index is 12.9. The molecule has 1 aromatic rings. The molecule has 2 N–H and O–H groups in total. The molecule has 0 aliphatic carbocycles. The fraction of sp³-hybridized carbons (Fsp3) is 0.611. The normalized spacial score (nSPS) is 24.9. The molecule has 10 nitrogen and oxygen atoms in total. The van der Waals surface area contributed by atoms with E-state index in [1.165, 1.54) is 0 Å². The molecule has 1 aliphatic heterocycles. The summed E-state index contributed by atoms with van der Waals surface area (Å²) in [5.74, 6) is -4.00. The van der Waals surface area contributed by atoms with Gasteiger partial charge in [0.15, 0.2) is 12.0 Å². The number of hydrogen-bond donors (Lipinski definition) is 2. The van der Waals surface area contributed by atoms with Crippen LogP contribution in [0.5, 0.6) is 0 Å². The summed E-state index contributed by atoms with van der Waals surface area (Å²) >= 11 is 0. The first-order valence-electron chi connectivity index (χ1n) is 9.35. The first-order chi connectivity index (χ1) is 14.5. The molecule has 1 fully saturated rings. The fourth-order valence-electron chi connectivity index (χ4n) is 3.08. The van der Waals surface area contributed by atoms with Crippen LogP contribution in [0, 0.1) is 0 Å². The van der Waals surface area contributed by atoms with Gasteiger partial charge in [0.25, 0.3) is 5.56 Å². The minimum absolute atomic E-state index is 0.00632. The smallest absolute Gasteiger partial charge is 0.427 e. The molecule has 0 bridgehead atoms. The molecule has 1 unspecified atom stereocenters. The highest BCUT2D eigenvalue weighted by molar-refractivity contribution is 7.72. The lowest BCUT2D eigenvalue weighted by Gasteiger charge is -2.22. The second-order valence-electron chi connectivity index (χ2n) is 8.07. The van der Waals surface area contributed by atoms with Crippen LogP contribution < -0.4 is 11.2 Å². The first-order valence-corrected chi connectivity index (χ1v) is 12.4. The molecular weight excluding hydrogens is 460 g/mol. The van der Waals surface area contributed by atoms with Gasteiger partial charge in [-0.2, -0.15) is 13.2 Å². The summed E-state index contributed by atoms with van der Waals surface area (Å²) in [7, 11) is 0. The van der Waals surface area contributed by atoms with Crippen molar-refractivity contribution in [3.8, 4) is 0 Å². The predicted octanol–water partition coefficient (Wildman–Crippen LogP) is -0.0784. The van der Waals surface area contributed by atoms with Gasteiger partial charge in [-0.1, -0.05) is 0 Å². The molecule has 2 rings (SSSR count). The average molecular weight is 484 g/mol. The number of nitrogens with zero attached hydrogens (tertiary/aromatic N) is 2. The summed E-state index contributed by atoms with van der Waals surface area (Å²) in [6.07, 6.45) is -7.54. The van der Waals surface area contributed by atoms with E-state index in [4.69, 9.17) is 4.74 Å². The number of alkyl halides is 3. The summed E-state index contributed by atoms with van der Waals surface area (Å²) in [6, 6.07) is 0.721. The SMILES string of the molecule is C=P(C)(C)CC[C@H]1O[C@@H](n2ccc(=O)n(C(OC(=O)C(F)(F)F)C(C)=O)c2=O)[C@H](O)[C@@H]1O. The van der Waals surface area contributed by atoms with E-state index in [1.54, 1.807) is 0 Å². The van der Waals surface area contributed by atoms with Crippen molar-refractivity contribution in [1.29, 1.82) is 0 Å². The van der Waals surface area contributed by atoms with Gasteiger partial charge in [-0.3, -0.25) is 14.2 Å².